The number of nitrogens with zero attached hydrogens (tertiary/aromatic N) is 2. The predicted octanol–water partition coefficient (Wildman–Crippen LogP) is 5.27. The molecule has 0 atom stereocenters. The lowest BCUT2D eigenvalue weighted by molar-refractivity contribution is -0.911. The van der Waals surface area contributed by atoms with E-state index in [1.165, 1.54) is 109 Å². The van der Waals surface area contributed by atoms with E-state index in [1.807, 2.05) is 0 Å². The number of aliphatic hydroxyl groups is 2. The molecule has 0 saturated carbocycles. The molecular formula is C38H83ClN2O4. The van der Waals surface area contributed by atoms with Gasteiger partial charge in [-0.3, -0.25) is 0 Å². The number of carbonyl (C=O) groups is 1. The van der Waals surface area contributed by atoms with Crippen molar-refractivity contribution in [3.8, 4) is 0 Å². The summed E-state index contributed by atoms with van der Waals surface area (Å²) in [5.41, 5.74) is 0. The van der Waals surface area contributed by atoms with Gasteiger partial charge in [-0.1, -0.05) is 122 Å². The highest BCUT2D eigenvalue weighted by Crippen LogP contribution is 2.15. The van der Waals surface area contributed by atoms with E-state index in [0.717, 1.165) is 47.7 Å². The lowest BCUT2D eigenvalue weighted by atomic mass is 10.0. The quantitative estimate of drug-likeness (QED) is 0.0881. The van der Waals surface area contributed by atoms with Gasteiger partial charge in [0, 0.05) is 32.0 Å². The van der Waals surface area contributed by atoms with Gasteiger partial charge >= 0.3 is 0 Å². The summed E-state index contributed by atoms with van der Waals surface area (Å²) < 4.78 is 2.00. The highest BCUT2D eigenvalue weighted by Gasteiger charge is 2.18. The van der Waals surface area contributed by atoms with Crippen molar-refractivity contribution in [2.24, 2.45) is 0 Å². The van der Waals surface area contributed by atoms with Crippen LogP contribution in [0.15, 0.2) is 0 Å². The van der Waals surface area contributed by atoms with Gasteiger partial charge in [0.05, 0.1) is 53.4 Å². The minimum Gasteiger partial charge on any atom is -1.00 e. The van der Waals surface area contributed by atoms with Gasteiger partial charge in [0.2, 0.25) is 0 Å². The fourth-order valence-corrected chi connectivity index (χ4v) is 4.82. The molecule has 0 bridgehead atoms. The molecule has 0 amide bonds. The average Bonchev–Trinajstić information content (AvgIpc) is 2.96. The van der Waals surface area contributed by atoms with Gasteiger partial charge < -0.3 is 41.5 Å². The van der Waals surface area contributed by atoms with E-state index in [4.69, 9.17) is 10.2 Å². The molecule has 0 spiro atoms. The zero-order chi connectivity index (χ0) is 34.1. The Morgan fingerprint density at radius 3 is 0.956 bits per heavy atom. The first-order valence-electron chi connectivity index (χ1n) is 18.8. The Morgan fingerprint density at radius 1 is 0.511 bits per heavy atom. The number of quaternary nitrogens is 2. The molecule has 0 aromatic rings. The van der Waals surface area contributed by atoms with Gasteiger partial charge in [0.25, 0.3) is 0 Å². The maximum absolute atomic E-state index is 10.3. The summed E-state index contributed by atoms with van der Waals surface area (Å²) in [5.74, 6) is -0.901. The van der Waals surface area contributed by atoms with Gasteiger partial charge in [0.1, 0.15) is 0 Å². The first-order valence-corrected chi connectivity index (χ1v) is 18.8. The maximum atomic E-state index is 10.3. The van der Waals surface area contributed by atoms with Crippen LogP contribution in [0.2, 0.25) is 0 Å². The number of carboxylic acid groups (broad SMARTS) is 1. The third kappa shape index (κ3) is 41.6. The number of halogens is 1. The minimum atomic E-state index is -0.901. The Morgan fingerprint density at radius 2 is 0.756 bits per heavy atom. The molecule has 0 saturated heterocycles. The Balaban J connectivity index is -0.000000330. The zero-order valence-electron chi connectivity index (χ0n) is 32.0. The summed E-state index contributed by atoms with van der Waals surface area (Å²) in [6.45, 7) is 13.9. The van der Waals surface area contributed by atoms with E-state index in [1.54, 1.807) is 0 Å². The normalized spacial score (nSPS) is 11.5. The molecule has 0 heterocycles. The van der Waals surface area contributed by atoms with Crippen molar-refractivity contribution in [2.75, 3.05) is 54.5 Å². The predicted molar refractivity (Wildman–Crippen MR) is 191 cm³/mol. The summed E-state index contributed by atoms with van der Waals surface area (Å²) in [5, 5.41) is 27.5. The number of hydrogen-bond acceptors (Lipinski definition) is 4. The highest BCUT2D eigenvalue weighted by molar-refractivity contribution is 5.64. The van der Waals surface area contributed by atoms with Crippen molar-refractivity contribution in [3.63, 3.8) is 0 Å². The molecule has 45 heavy (non-hydrogen) atoms. The molecule has 0 unspecified atom stereocenters. The average molecular weight is 668 g/mol. The van der Waals surface area contributed by atoms with Crippen molar-refractivity contribution < 1.29 is 41.5 Å². The van der Waals surface area contributed by atoms with E-state index in [9.17, 15) is 9.90 Å². The molecule has 2 N–H and O–H groups in total. The molecule has 0 aliphatic carbocycles. The minimum absolute atomic E-state index is 0. The molecule has 0 aromatic heterocycles. The molecule has 0 aliphatic heterocycles. The maximum Gasteiger partial charge on any atom is 0.0829 e. The Labute approximate surface area is 289 Å². The first kappa shape index (κ1) is 51.4. The van der Waals surface area contributed by atoms with Gasteiger partial charge in [-0.15, -0.1) is 0 Å². The van der Waals surface area contributed by atoms with E-state index >= 15 is 0 Å². The van der Waals surface area contributed by atoms with Crippen molar-refractivity contribution in [2.45, 2.75) is 188 Å². The van der Waals surface area contributed by atoms with Crippen molar-refractivity contribution in [3.05, 3.63) is 0 Å². The van der Waals surface area contributed by atoms with Crippen LogP contribution in [0.1, 0.15) is 176 Å². The number of aliphatic carboxylic acids is 1. The van der Waals surface area contributed by atoms with Crippen LogP contribution in [0.4, 0.5) is 0 Å². The van der Waals surface area contributed by atoms with Gasteiger partial charge in [-0.05, 0) is 40.5 Å². The molecule has 6 nitrogen and oxygen atoms in total. The van der Waals surface area contributed by atoms with Crippen LogP contribution in [0.5, 0.6) is 0 Å². The van der Waals surface area contributed by atoms with E-state index in [2.05, 4.69) is 62.8 Å². The van der Waals surface area contributed by atoms with E-state index in [0.29, 0.717) is 25.3 Å². The summed E-state index contributed by atoms with van der Waals surface area (Å²) in [7, 11) is 8.78. The van der Waals surface area contributed by atoms with Crippen LogP contribution < -0.4 is 17.5 Å². The monoisotopic (exact) mass is 667 g/mol. The summed E-state index contributed by atoms with van der Waals surface area (Å²) in [4.78, 5) is 10.3. The molecule has 0 rings (SSSR count). The lowest BCUT2D eigenvalue weighted by Crippen LogP contribution is -3.00. The van der Waals surface area contributed by atoms with Crippen LogP contribution in [-0.2, 0) is 4.79 Å². The summed E-state index contributed by atoms with van der Waals surface area (Å²) in [6, 6.07) is 1.29. The van der Waals surface area contributed by atoms with Gasteiger partial charge in [0.15, 0.2) is 0 Å². The number of rotatable bonds is 28. The number of carbonyl (C=O) groups excluding carboxylic acids is 1. The largest absolute Gasteiger partial charge is 1.00 e. The van der Waals surface area contributed by atoms with Crippen molar-refractivity contribution in [1.82, 2.24) is 0 Å². The van der Waals surface area contributed by atoms with Crippen LogP contribution in [0, 0.1) is 0 Å². The van der Waals surface area contributed by atoms with Crippen LogP contribution in [0.25, 0.3) is 0 Å². The fourth-order valence-electron chi connectivity index (χ4n) is 4.82. The van der Waals surface area contributed by atoms with Gasteiger partial charge in [-0.25, -0.2) is 0 Å². The number of aliphatic hydroxyl groups excluding tert-OH is 2. The second-order valence-electron chi connectivity index (χ2n) is 14.8. The standard InChI is InChI=1S/C22H44O2.2C8H20NO.ClH/c1-2-3-4-5-6-7-8-9-10-11-12-13-14-15-16-17-18-19-20-21-22(23)24;2*1-8(2)9(3,4)6-5-7-10;/h2-21H2,1H3,(H,23,24);2*8,10H,5-7H2,1-4H3;1H/q;2*+1;/p-2. The topological polar surface area (TPSA) is 80.6 Å². The lowest BCUT2D eigenvalue weighted by Gasteiger charge is -2.33. The number of hydrogen-bond donors (Lipinski definition) is 2. The van der Waals surface area contributed by atoms with E-state index in [-0.39, 0.29) is 18.8 Å². The Bertz CT molecular complexity index is 562. The zero-order valence-corrected chi connectivity index (χ0v) is 32.8. The van der Waals surface area contributed by atoms with Crippen molar-refractivity contribution >= 4 is 5.97 Å². The summed E-state index contributed by atoms with van der Waals surface area (Å²) >= 11 is 0. The molecule has 0 aromatic carbocycles. The second kappa shape index (κ2) is 36.4. The van der Waals surface area contributed by atoms with Crippen LogP contribution in [-0.4, -0.2) is 91.7 Å². The number of unbranched alkanes of at least 4 members (excludes halogenated alkanes) is 18. The number of carboxylic acids is 1. The molecule has 0 radical (unpaired) electrons. The third-order valence-electron chi connectivity index (χ3n) is 9.57. The highest BCUT2D eigenvalue weighted by atomic mass is 35.5. The van der Waals surface area contributed by atoms with Crippen LogP contribution >= 0.6 is 0 Å². The smallest absolute Gasteiger partial charge is 0.0829 e. The van der Waals surface area contributed by atoms with E-state index < -0.39 is 5.97 Å². The van der Waals surface area contributed by atoms with Gasteiger partial charge in [-0.2, -0.15) is 0 Å². The second-order valence-corrected chi connectivity index (χ2v) is 14.8. The SMILES string of the molecule is CC(C)[N+](C)(C)CCCO.CC(C)[N+](C)(C)CCCO.CCCCCCCCCCCCCCCCCCCCCC(=O)[O-].[Cl-]. The molecule has 0 fully saturated rings. The Kier molecular flexibility index (Phi) is 41.6. The van der Waals surface area contributed by atoms with Crippen LogP contribution in [0.3, 0.4) is 0 Å². The Hall–Kier alpha value is -0.400. The first-order chi connectivity index (χ1) is 20.8. The third-order valence-corrected chi connectivity index (χ3v) is 9.57. The fraction of sp³-hybridized carbons (Fsp3) is 0.974. The molecule has 276 valence electrons. The molecular weight excluding hydrogens is 584 g/mol. The summed E-state index contributed by atoms with van der Waals surface area (Å²) in [6.07, 6.45) is 27.6. The van der Waals surface area contributed by atoms with Crippen molar-refractivity contribution in [1.29, 1.82) is 0 Å². The molecule has 7 heteroatoms. The molecule has 0 aliphatic rings.